The van der Waals surface area contributed by atoms with Crippen LogP contribution in [-0.2, 0) is 11.8 Å². The zero-order valence-electron chi connectivity index (χ0n) is 12.0. The minimum absolute atomic E-state index is 0.0448. The number of carbonyl (C=O) groups excluding carboxylic acids is 1. The fourth-order valence-corrected chi connectivity index (χ4v) is 3.67. The number of thioether (sulfide) groups is 1. The fourth-order valence-electron chi connectivity index (χ4n) is 2.73. The molecule has 2 heterocycles. The highest BCUT2D eigenvalue weighted by atomic mass is 32.2. The van der Waals surface area contributed by atoms with Crippen LogP contribution in [0.4, 0.5) is 5.69 Å². The summed E-state index contributed by atoms with van der Waals surface area (Å²) in [4.78, 5) is 14.1. The van der Waals surface area contributed by atoms with E-state index in [1.807, 2.05) is 49.5 Å². The topological polar surface area (TPSA) is 34.0 Å². The van der Waals surface area contributed by atoms with E-state index in [-0.39, 0.29) is 5.91 Å². The Morgan fingerprint density at radius 1 is 1.09 bits per heavy atom. The Kier molecular flexibility index (Phi) is 3.05. The molecule has 0 saturated heterocycles. The van der Waals surface area contributed by atoms with Crippen LogP contribution in [-0.4, -0.2) is 10.5 Å². The van der Waals surface area contributed by atoms with Crippen molar-refractivity contribution in [2.75, 3.05) is 5.32 Å². The largest absolute Gasteiger partial charge is 0.350 e. The van der Waals surface area contributed by atoms with Crippen molar-refractivity contribution in [3.63, 3.8) is 0 Å². The van der Waals surface area contributed by atoms with Crippen LogP contribution in [0, 0.1) is 0 Å². The number of rotatable bonds is 1. The van der Waals surface area contributed by atoms with Crippen molar-refractivity contribution in [3.8, 4) is 0 Å². The number of para-hydroxylation sites is 2. The molecule has 4 rings (SSSR count). The standard InChI is InChI=1S/C18H14N2OS/c1-20-11-12(13-6-2-4-8-15(13)20)10-17-18(21)19-14-7-3-5-9-16(14)22-17/h2-11H,1H3,(H,19,21)/b17-10-. The van der Waals surface area contributed by atoms with Gasteiger partial charge in [-0.25, -0.2) is 0 Å². The number of nitrogens with zero attached hydrogens (tertiary/aromatic N) is 1. The number of hydrogen-bond donors (Lipinski definition) is 1. The number of carbonyl (C=O) groups is 1. The summed E-state index contributed by atoms with van der Waals surface area (Å²) in [6.07, 6.45) is 4.03. The Morgan fingerprint density at radius 2 is 1.86 bits per heavy atom. The third kappa shape index (κ3) is 2.12. The normalized spacial score (nSPS) is 15.9. The molecule has 0 unspecified atom stereocenters. The molecule has 2 aromatic carbocycles. The van der Waals surface area contributed by atoms with Gasteiger partial charge in [0.1, 0.15) is 0 Å². The van der Waals surface area contributed by atoms with Gasteiger partial charge in [-0.3, -0.25) is 4.79 Å². The minimum atomic E-state index is -0.0448. The summed E-state index contributed by atoms with van der Waals surface area (Å²) in [7, 11) is 2.02. The first-order valence-electron chi connectivity index (χ1n) is 7.06. The van der Waals surface area contributed by atoms with Crippen LogP contribution in [0.2, 0.25) is 0 Å². The van der Waals surface area contributed by atoms with Crippen LogP contribution in [0.1, 0.15) is 5.56 Å². The average molecular weight is 306 g/mol. The lowest BCUT2D eigenvalue weighted by Gasteiger charge is -2.18. The fraction of sp³-hybridized carbons (Fsp3) is 0.0556. The molecule has 4 heteroatoms. The highest BCUT2D eigenvalue weighted by molar-refractivity contribution is 8.04. The second-order valence-electron chi connectivity index (χ2n) is 5.27. The van der Waals surface area contributed by atoms with Crippen LogP contribution < -0.4 is 5.32 Å². The molecule has 0 atom stereocenters. The molecular formula is C18H14N2OS. The van der Waals surface area contributed by atoms with Crippen LogP contribution in [0.15, 0.2) is 64.5 Å². The lowest BCUT2D eigenvalue weighted by molar-refractivity contribution is -0.112. The number of nitrogens with one attached hydrogen (secondary N) is 1. The van der Waals surface area contributed by atoms with E-state index in [2.05, 4.69) is 28.2 Å². The zero-order valence-corrected chi connectivity index (χ0v) is 12.9. The third-order valence-electron chi connectivity index (χ3n) is 3.79. The zero-order chi connectivity index (χ0) is 15.1. The predicted octanol–water partition coefficient (Wildman–Crippen LogP) is 4.26. The molecule has 0 aliphatic carbocycles. The van der Waals surface area contributed by atoms with Crippen molar-refractivity contribution in [2.24, 2.45) is 7.05 Å². The predicted molar refractivity (Wildman–Crippen MR) is 91.8 cm³/mol. The van der Waals surface area contributed by atoms with Gasteiger partial charge >= 0.3 is 0 Å². The number of benzene rings is 2. The van der Waals surface area contributed by atoms with E-state index in [9.17, 15) is 4.79 Å². The van der Waals surface area contributed by atoms with Crippen LogP contribution in [0.5, 0.6) is 0 Å². The van der Waals surface area contributed by atoms with Crippen molar-refractivity contribution >= 4 is 40.3 Å². The third-order valence-corrected chi connectivity index (χ3v) is 4.89. The Hall–Kier alpha value is -2.46. The lowest BCUT2D eigenvalue weighted by atomic mass is 10.1. The number of fused-ring (bicyclic) bond motifs is 2. The number of amides is 1. The quantitative estimate of drug-likeness (QED) is 0.681. The molecule has 1 aromatic heterocycles. The van der Waals surface area contributed by atoms with E-state index in [0.717, 1.165) is 32.0 Å². The van der Waals surface area contributed by atoms with Crippen LogP contribution in [0.3, 0.4) is 0 Å². The summed E-state index contributed by atoms with van der Waals surface area (Å²) in [6.45, 7) is 0. The van der Waals surface area contributed by atoms with Gasteiger partial charge < -0.3 is 9.88 Å². The highest BCUT2D eigenvalue weighted by Crippen LogP contribution is 2.39. The summed E-state index contributed by atoms with van der Waals surface area (Å²) in [6, 6.07) is 16.1. The van der Waals surface area contributed by atoms with Gasteiger partial charge in [-0.1, -0.05) is 42.1 Å². The maximum absolute atomic E-state index is 12.3. The van der Waals surface area contributed by atoms with Gasteiger partial charge in [0.2, 0.25) is 0 Å². The van der Waals surface area contributed by atoms with E-state index in [1.165, 1.54) is 11.8 Å². The first-order chi connectivity index (χ1) is 10.7. The number of anilines is 1. The molecule has 0 saturated carbocycles. The Balaban J connectivity index is 1.81. The molecule has 3 nitrogen and oxygen atoms in total. The molecule has 0 bridgehead atoms. The summed E-state index contributed by atoms with van der Waals surface area (Å²) in [5.41, 5.74) is 3.11. The van der Waals surface area contributed by atoms with Gasteiger partial charge in [-0.15, -0.1) is 0 Å². The second-order valence-corrected chi connectivity index (χ2v) is 6.36. The number of aromatic nitrogens is 1. The molecule has 108 valence electrons. The molecule has 0 spiro atoms. The Labute approximate surface area is 132 Å². The number of aryl methyl sites for hydroxylation is 1. The molecule has 0 radical (unpaired) electrons. The Bertz CT molecular complexity index is 924. The molecular weight excluding hydrogens is 292 g/mol. The molecule has 1 aliphatic rings. The van der Waals surface area contributed by atoms with E-state index >= 15 is 0 Å². The monoisotopic (exact) mass is 306 g/mol. The van der Waals surface area contributed by atoms with E-state index in [1.54, 1.807) is 0 Å². The highest BCUT2D eigenvalue weighted by Gasteiger charge is 2.21. The minimum Gasteiger partial charge on any atom is -0.350 e. The van der Waals surface area contributed by atoms with Crippen LogP contribution in [0.25, 0.3) is 17.0 Å². The van der Waals surface area contributed by atoms with Crippen molar-refractivity contribution in [3.05, 3.63) is 65.2 Å². The smallest absolute Gasteiger partial charge is 0.262 e. The van der Waals surface area contributed by atoms with Gasteiger partial charge in [-0.2, -0.15) is 0 Å². The van der Waals surface area contributed by atoms with Crippen molar-refractivity contribution in [1.82, 2.24) is 4.57 Å². The molecule has 22 heavy (non-hydrogen) atoms. The molecule has 1 amide bonds. The Morgan fingerprint density at radius 3 is 2.77 bits per heavy atom. The van der Waals surface area contributed by atoms with Gasteiger partial charge in [0, 0.05) is 34.6 Å². The van der Waals surface area contributed by atoms with Gasteiger partial charge in [0.05, 0.1) is 10.6 Å². The summed E-state index contributed by atoms with van der Waals surface area (Å²) < 4.78 is 2.08. The first kappa shape index (κ1) is 13.2. The van der Waals surface area contributed by atoms with Crippen molar-refractivity contribution < 1.29 is 4.79 Å². The molecule has 0 fully saturated rings. The first-order valence-corrected chi connectivity index (χ1v) is 7.88. The van der Waals surface area contributed by atoms with Crippen molar-refractivity contribution in [2.45, 2.75) is 4.90 Å². The summed E-state index contributed by atoms with van der Waals surface area (Å²) in [5, 5.41) is 4.11. The maximum Gasteiger partial charge on any atom is 0.262 e. The number of hydrogen-bond acceptors (Lipinski definition) is 2. The van der Waals surface area contributed by atoms with Crippen molar-refractivity contribution in [1.29, 1.82) is 0 Å². The SMILES string of the molecule is Cn1cc(/C=C2\Sc3ccccc3NC2=O)c2ccccc21. The van der Waals surface area contributed by atoms with Gasteiger partial charge in [0.15, 0.2) is 0 Å². The van der Waals surface area contributed by atoms with E-state index < -0.39 is 0 Å². The van der Waals surface area contributed by atoms with Crippen LogP contribution >= 0.6 is 11.8 Å². The van der Waals surface area contributed by atoms with E-state index in [0.29, 0.717) is 0 Å². The molecule has 3 aromatic rings. The average Bonchev–Trinajstić information content (AvgIpc) is 2.85. The molecule has 1 N–H and O–H groups in total. The molecule has 1 aliphatic heterocycles. The maximum atomic E-state index is 12.3. The lowest BCUT2D eigenvalue weighted by Crippen LogP contribution is -2.16. The van der Waals surface area contributed by atoms with E-state index in [4.69, 9.17) is 0 Å². The second kappa shape index (κ2) is 5.07. The van der Waals surface area contributed by atoms with Gasteiger partial charge in [0.25, 0.3) is 5.91 Å². The summed E-state index contributed by atoms with van der Waals surface area (Å²) >= 11 is 1.52. The summed E-state index contributed by atoms with van der Waals surface area (Å²) in [5.74, 6) is -0.0448. The van der Waals surface area contributed by atoms with Gasteiger partial charge in [-0.05, 0) is 24.3 Å².